The number of aryl methyl sites for hydroxylation is 2. The second-order valence-corrected chi connectivity index (χ2v) is 12.0. The molecule has 0 aliphatic heterocycles. The molecular formula is C35H45N3O6. The van der Waals surface area contributed by atoms with Gasteiger partial charge >= 0.3 is 6.09 Å². The highest BCUT2D eigenvalue weighted by molar-refractivity contribution is 6.00. The quantitative estimate of drug-likeness (QED) is 0.174. The Hall–Kier alpha value is -4.53. The number of nitrogens with one attached hydrogen (secondary N) is 2. The summed E-state index contributed by atoms with van der Waals surface area (Å²) in [5.74, 6) is -1.06. The molecular weight excluding hydrogens is 558 g/mol. The topological polar surface area (TPSA) is 128 Å². The molecule has 3 aromatic carbocycles. The van der Waals surface area contributed by atoms with Crippen molar-refractivity contribution in [3.05, 3.63) is 89.0 Å². The highest BCUT2D eigenvalue weighted by atomic mass is 16.6. The lowest BCUT2D eigenvalue weighted by molar-refractivity contribution is -0.141. The molecule has 9 nitrogen and oxygen atoms in total. The fraction of sp³-hybridized carbons (Fsp3) is 0.400. The second kappa shape index (κ2) is 15.3. The molecule has 236 valence electrons. The maximum Gasteiger partial charge on any atom is 0.408 e. The highest BCUT2D eigenvalue weighted by Gasteiger charge is 2.37. The van der Waals surface area contributed by atoms with Crippen LogP contribution >= 0.6 is 0 Å². The normalized spacial score (nSPS) is 12.6. The zero-order valence-corrected chi connectivity index (χ0v) is 26.5. The molecule has 0 spiro atoms. The largest absolute Gasteiger partial charge is 0.508 e. The first kappa shape index (κ1) is 34.0. The van der Waals surface area contributed by atoms with Gasteiger partial charge in [-0.05, 0) is 75.9 Å². The minimum atomic E-state index is -1.21. The van der Waals surface area contributed by atoms with Crippen molar-refractivity contribution in [1.29, 1.82) is 0 Å². The minimum absolute atomic E-state index is 0.0701. The van der Waals surface area contributed by atoms with E-state index in [9.17, 15) is 24.6 Å². The summed E-state index contributed by atoms with van der Waals surface area (Å²) in [4.78, 5) is 43.2. The Balaban J connectivity index is 2.11. The summed E-state index contributed by atoms with van der Waals surface area (Å²) in [6.45, 7) is 11.2. The molecule has 44 heavy (non-hydrogen) atoms. The van der Waals surface area contributed by atoms with Gasteiger partial charge in [-0.25, -0.2) is 4.79 Å². The number of para-hydroxylation sites is 2. The van der Waals surface area contributed by atoms with Crippen LogP contribution in [0, 0.1) is 13.8 Å². The van der Waals surface area contributed by atoms with Crippen LogP contribution in [0.1, 0.15) is 75.3 Å². The van der Waals surface area contributed by atoms with E-state index in [1.165, 1.54) is 23.1 Å². The summed E-state index contributed by atoms with van der Waals surface area (Å²) >= 11 is 0. The third-order valence-corrected chi connectivity index (χ3v) is 7.17. The van der Waals surface area contributed by atoms with Crippen LogP contribution in [-0.4, -0.2) is 51.2 Å². The number of aromatic hydroxyl groups is 2. The van der Waals surface area contributed by atoms with Gasteiger partial charge in [0, 0.05) is 24.2 Å². The maximum absolute atomic E-state index is 14.6. The number of phenols is 2. The lowest BCUT2D eigenvalue weighted by Crippen LogP contribution is -2.53. The molecule has 0 radical (unpaired) electrons. The van der Waals surface area contributed by atoms with Gasteiger partial charge in [-0.3, -0.25) is 9.59 Å². The Labute approximate surface area is 260 Å². The number of anilines is 1. The van der Waals surface area contributed by atoms with Crippen molar-refractivity contribution in [3.63, 3.8) is 0 Å². The number of carbonyl (C=O) groups is 3. The number of nitrogens with zero attached hydrogens (tertiary/aromatic N) is 1. The van der Waals surface area contributed by atoms with E-state index in [0.29, 0.717) is 17.7 Å². The van der Waals surface area contributed by atoms with Crippen molar-refractivity contribution in [2.75, 3.05) is 11.9 Å². The van der Waals surface area contributed by atoms with Crippen molar-refractivity contribution < 1.29 is 29.3 Å². The Morgan fingerprint density at radius 1 is 0.886 bits per heavy atom. The molecule has 0 aromatic heterocycles. The molecule has 0 saturated heterocycles. The first-order valence-electron chi connectivity index (χ1n) is 15.0. The standard InChI is InChI=1S/C35H45N3O6/c1-7-8-11-21-38(33(42)28(36-34(43)44-35(4,5)6)22-25-17-19-26(39)20-18-25)31(27-15-9-10-16-29(27)40)32(41)37-30-23(2)13-12-14-24(30)3/h9-10,12-20,28,31,39-40H,7-8,11,21-22H2,1-6H3,(H,36,43)(H,37,41). The lowest BCUT2D eigenvalue weighted by Gasteiger charge is -2.35. The van der Waals surface area contributed by atoms with Gasteiger partial charge in [0.1, 0.15) is 29.2 Å². The van der Waals surface area contributed by atoms with E-state index in [1.54, 1.807) is 51.1 Å². The van der Waals surface area contributed by atoms with E-state index < -0.39 is 35.6 Å². The molecule has 0 fully saturated rings. The average Bonchev–Trinajstić information content (AvgIpc) is 2.95. The number of amides is 3. The van der Waals surface area contributed by atoms with Crippen LogP contribution in [0.15, 0.2) is 66.7 Å². The van der Waals surface area contributed by atoms with Crippen molar-refractivity contribution in [1.82, 2.24) is 10.2 Å². The molecule has 0 bridgehead atoms. The molecule has 0 heterocycles. The molecule has 2 unspecified atom stereocenters. The second-order valence-electron chi connectivity index (χ2n) is 12.0. The van der Waals surface area contributed by atoms with E-state index in [-0.39, 0.29) is 30.0 Å². The van der Waals surface area contributed by atoms with E-state index >= 15 is 0 Å². The SMILES string of the molecule is CCCCCN(C(=O)C(Cc1ccc(O)cc1)NC(=O)OC(C)(C)C)C(C(=O)Nc1c(C)cccc1C)c1ccccc1O. The van der Waals surface area contributed by atoms with Crippen LogP contribution in [0.25, 0.3) is 0 Å². The predicted molar refractivity (Wildman–Crippen MR) is 172 cm³/mol. The van der Waals surface area contributed by atoms with Crippen molar-refractivity contribution >= 4 is 23.6 Å². The molecule has 0 aliphatic rings. The maximum atomic E-state index is 14.6. The Morgan fingerprint density at radius 3 is 2.11 bits per heavy atom. The molecule has 9 heteroatoms. The summed E-state index contributed by atoms with van der Waals surface area (Å²) in [5, 5.41) is 26.5. The monoisotopic (exact) mass is 603 g/mol. The Bertz CT molecular complexity index is 1410. The van der Waals surface area contributed by atoms with Crippen LogP contribution in [-0.2, 0) is 20.7 Å². The summed E-state index contributed by atoms with van der Waals surface area (Å²) in [6, 6.07) is 16.2. The summed E-state index contributed by atoms with van der Waals surface area (Å²) in [7, 11) is 0. The first-order chi connectivity index (χ1) is 20.8. The smallest absolute Gasteiger partial charge is 0.408 e. The van der Waals surface area contributed by atoms with Crippen molar-refractivity contribution in [2.24, 2.45) is 0 Å². The number of alkyl carbamates (subject to hydrolysis) is 1. The van der Waals surface area contributed by atoms with Crippen LogP contribution in [0.2, 0.25) is 0 Å². The van der Waals surface area contributed by atoms with Gasteiger partial charge in [0.05, 0.1) is 0 Å². The number of hydrogen-bond donors (Lipinski definition) is 4. The zero-order chi connectivity index (χ0) is 32.4. The Kier molecular flexibility index (Phi) is 11.8. The van der Waals surface area contributed by atoms with Gasteiger partial charge in [0.2, 0.25) is 5.91 Å². The van der Waals surface area contributed by atoms with Gasteiger partial charge < -0.3 is 30.5 Å². The molecule has 0 saturated carbocycles. The zero-order valence-electron chi connectivity index (χ0n) is 26.5. The van der Waals surface area contributed by atoms with E-state index in [0.717, 1.165) is 24.0 Å². The summed E-state index contributed by atoms with van der Waals surface area (Å²) < 4.78 is 5.49. The van der Waals surface area contributed by atoms with E-state index in [1.807, 2.05) is 39.0 Å². The van der Waals surface area contributed by atoms with Crippen LogP contribution in [0.4, 0.5) is 10.5 Å². The van der Waals surface area contributed by atoms with Gasteiger partial charge in [-0.1, -0.05) is 68.3 Å². The summed E-state index contributed by atoms with van der Waals surface area (Å²) in [5.41, 5.74) is 2.49. The first-order valence-corrected chi connectivity index (χ1v) is 15.0. The number of phenolic OH excluding ortho intramolecular Hbond substituents is 2. The minimum Gasteiger partial charge on any atom is -0.508 e. The number of rotatable bonds is 12. The molecule has 3 amide bonds. The number of benzene rings is 3. The van der Waals surface area contributed by atoms with E-state index in [4.69, 9.17) is 4.74 Å². The van der Waals surface area contributed by atoms with Gasteiger partial charge in [0.25, 0.3) is 5.91 Å². The number of ether oxygens (including phenoxy) is 1. The van der Waals surface area contributed by atoms with Gasteiger partial charge in [-0.2, -0.15) is 0 Å². The number of hydrogen-bond acceptors (Lipinski definition) is 6. The molecule has 4 N–H and O–H groups in total. The lowest BCUT2D eigenvalue weighted by atomic mass is 9.98. The molecule has 3 rings (SSSR count). The van der Waals surface area contributed by atoms with Crippen molar-refractivity contribution in [2.45, 2.75) is 84.9 Å². The number of unbranched alkanes of at least 4 members (excludes halogenated alkanes) is 2. The van der Waals surface area contributed by atoms with Crippen LogP contribution in [0.5, 0.6) is 11.5 Å². The fourth-order valence-electron chi connectivity index (χ4n) is 4.99. The van der Waals surface area contributed by atoms with Crippen LogP contribution < -0.4 is 10.6 Å². The number of carbonyl (C=O) groups excluding carboxylic acids is 3. The third-order valence-electron chi connectivity index (χ3n) is 7.17. The van der Waals surface area contributed by atoms with Crippen molar-refractivity contribution in [3.8, 4) is 11.5 Å². The predicted octanol–water partition coefficient (Wildman–Crippen LogP) is 6.55. The molecule has 3 aromatic rings. The van der Waals surface area contributed by atoms with Gasteiger partial charge in [0.15, 0.2) is 0 Å². The molecule has 2 atom stereocenters. The van der Waals surface area contributed by atoms with Crippen LogP contribution in [0.3, 0.4) is 0 Å². The summed E-state index contributed by atoms with van der Waals surface area (Å²) in [6.07, 6.45) is 1.58. The third kappa shape index (κ3) is 9.49. The molecule has 0 aliphatic carbocycles. The highest BCUT2D eigenvalue weighted by Crippen LogP contribution is 2.32. The van der Waals surface area contributed by atoms with E-state index in [2.05, 4.69) is 10.6 Å². The Morgan fingerprint density at radius 2 is 1.52 bits per heavy atom. The van der Waals surface area contributed by atoms with Gasteiger partial charge in [-0.15, -0.1) is 0 Å². The fourth-order valence-corrected chi connectivity index (χ4v) is 4.99. The average molecular weight is 604 g/mol.